The Morgan fingerprint density at radius 1 is 1.04 bits per heavy atom. The first-order chi connectivity index (χ1) is 13.7. The van der Waals surface area contributed by atoms with Crippen LogP contribution in [0.1, 0.15) is 36.8 Å². The Morgan fingerprint density at radius 2 is 1.86 bits per heavy atom. The van der Waals surface area contributed by atoms with Crippen LogP contribution in [0.25, 0.3) is 0 Å². The summed E-state index contributed by atoms with van der Waals surface area (Å²) in [5, 5.41) is 0. The van der Waals surface area contributed by atoms with Crippen LogP contribution in [0.5, 0.6) is 5.75 Å². The molecule has 2 aromatic carbocycles. The number of benzene rings is 2. The van der Waals surface area contributed by atoms with Gasteiger partial charge in [0.1, 0.15) is 5.75 Å². The van der Waals surface area contributed by atoms with E-state index in [4.69, 9.17) is 9.47 Å². The summed E-state index contributed by atoms with van der Waals surface area (Å²) in [4.78, 5) is 4.76. The molecule has 1 unspecified atom stereocenters. The fourth-order valence-corrected chi connectivity index (χ4v) is 4.23. The van der Waals surface area contributed by atoms with Gasteiger partial charge in [-0.3, -0.25) is 0 Å². The lowest BCUT2D eigenvalue weighted by molar-refractivity contribution is -0.105. The van der Waals surface area contributed by atoms with Crippen molar-refractivity contribution < 1.29 is 9.47 Å². The number of fused-ring (bicyclic) bond motifs is 2. The Bertz CT molecular complexity index is 784. The van der Waals surface area contributed by atoms with Crippen LogP contribution < -0.4 is 9.64 Å². The molecule has 1 saturated heterocycles. The lowest BCUT2D eigenvalue weighted by Gasteiger charge is -2.28. The summed E-state index contributed by atoms with van der Waals surface area (Å²) in [5.74, 6) is 0.935. The summed E-state index contributed by atoms with van der Waals surface area (Å²) in [6, 6.07) is 15.4. The van der Waals surface area contributed by atoms with Crippen molar-refractivity contribution in [3.05, 3.63) is 53.6 Å². The summed E-state index contributed by atoms with van der Waals surface area (Å²) in [6.07, 6.45) is 6.46. The molecule has 0 radical (unpaired) electrons. The molecule has 28 heavy (non-hydrogen) atoms. The molecule has 2 heterocycles. The van der Waals surface area contributed by atoms with E-state index in [1.165, 1.54) is 28.9 Å². The summed E-state index contributed by atoms with van der Waals surface area (Å²) in [7, 11) is 4.28. The second kappa shape index (κ2) is 8.97. The van der Waals surface area contributed by atoms with Crippen LogP contribution in [0.2, 0.25) is 0 Å². The fourth-order valence-electron chi connectivity index (χ4n) is 4.23. The largest absolute Gasteiger partial charge is 0.465 e. The van der Waals surface area contributed by atoms with Crippen molar-refractivity contribution in [2.45, 2.75) is 44.8 Å². The lowest BCUT2D eigenvalue weighted by Crippen LogP contribution is -2.25. The number of hydrogen-bond donors (Lipinski definition) is 0. The van der Waals surface area contributed by atoms with Crippen molar-refractivity contribution in [3.8, 4) is 5.75 Å². The van der Waals surface area contributed by atoms with Crippen LogP contribution in [0, 0.1) is 0 Å². The van der Waals surface area contributed by atoms with E-state index in [1.54, 1.807) is 0 Å². The van der Waals surface area contributed by atoms with E-state index in [0.717, 1.165) is 57.6 Å². The molecular weight excluding hydrogens is 348 g/mol. The molecule has 0 bridgehead atoms. The maximum absolute atomic E-state index is 6.14. The zero-order valence-electron chi connectivity index (χ0n) is 17.2. The third-order valence-electron chi connectivity index (χ3n) is 5.68. The van der Waals surface area contributed by atoms with Gasteiger partial charge in [-0.25, -0.2) is 0 Å². The van der Waals surface area contributed by atoms with Crippen LogP contribution in [0.4, 0.5) is 11.4 Å². The Labute approximate surface area is 169 Å². The highest BCUT2D eigenvalue weighted by atomic mass is 16.7. The van der Waals surface area contributed by atoms with Crippen LogP contribution in [0.3, 0.4) is 0 Å². The van der Waals surface area contributed by atoms with Crippen LogP contribution in [-0.4, -0.2) is 45.0 Å². The number of aryl methyl sites for hydroxylation is 2. The van der Waals surface area contributed by atoms with Crippen molar-refractivity contribution in [3.63, 3.8) is 0 Å². The number of para-hydroxylation sites is 1. The molecule has 1 fully saturated rings. The average molecular weight is 381 g/mol. The molecule has 4 heteroatoms. The standard InChI is InChI=1S/C24H32N2O2/c1-25(2)15-7-16-26-22-9-4-3-8-19(22)11-12-20-18-21(13-14-23(20)26)28-24-10-5-6-17-27-24/h3-4,8-9,13-14,18,24H,5-7,10-12,15-17H2,1-2H3. The van der Waals surface area contributed by atoms with Crippen molar-refractivity contribution in [2.24, 2.45) is 0 Å². The molecule has 0 aliphatic carbocycles. The highest BCUT2D eigenvalue weighted by molar-refractivity contribution is 5.71. The zero-order valence-corrected chi connectivity index (χ0v) is 17.2. The number of nitrogens with zero attached hydrogens (tertiary/aromatic N) is 2. The third-order valence-corrected chi connectivity index (χ3v) is 5.68. The Kier molecular flexibility index (Phi) is 6.18. The Hall–Kier alpha value is -2.04. The van der Waals surface area contributed by atoms with Gasteiger partial charge in [-0.2, -0.15) is 0 Å². The molecule has 0 saturated carbocycles. The first-order valence-corrected chi connectivity index (χ1v) is 10.6. The van der Waals surface area contributed by atoms with Gasteiger partial charge in [0.2, 0.25) is 0 Å². The van der Waals surface area contributed by atoms with Crippen LogP contribution in [-0.2, 0) is 17.6 Å². The van der Waals surface area contributed by atoms with Crippen LogP contribution in [0.15, 0.2) is 42.5 Å². The fraction of sp³-hybridized carbons (Fsp3) is 0.500. The molecule has 4 nitrogen and oxygen atoms in total. The van der Waals surface area contributed by atoms with E-state index in [2.05, 4.69) is 66.4 Å². The van der Waals surface area contributed by atoms with Gasteiger partial charge in [0.05, 0.1) is 6.61 Å². The normalized spacial score (nSPS) is 19.1. The first-order valence-electron chi connectivity index (χ1n) is 10.6. The van der Waals surface area contributed by atoms with Crippen molar-refractivity contribution in [2.75, 3.05) is 38.7 Å². The quantitative estimate of drug-likeness (QED) is 0.720. The van der Waals surface area contributed by atoms with Crippen molar-refractivity contribution in [1.82, 2.24) is 4.90 Å². The van der Waals surface area contributed by atoms with E-state index in [1.807, 2.05) is 0 Å². The summed E-state index contributed by atoms with van der Waals surface area (Å²) in [6.45, 7) is 2.92. The van der Waals surface area contributed by atoms with Gasteiger partial charge in [-0.05, 0) is 88.1 Å². The maximum atomic E-state index is 6.14. The summed E-state index contributed by atoms with van der Waals surface area (Å²) in [5.41, 5.74) is 5.47. The second-order valence-electron chi connectivity index (χ2n) is 8.14. The van der Waals surface area contributed by atoms with Gasteiger partial charge in [0, 0.05) is 24.3 Å². The third kappa shape index (κ3) is 4.50. The molecule has 0 aromatic heterocycles. The Morgan fingerprint density at radius 3 is 2.68 bits per heavy atom. The average Bonchev–Trinajstić information content (AvgIpc) is 2.86. The van der Waals surface area contributed by atoms with Gasteiger partial charge in [-0.1, -0.05) is 18.2 Å². The predicted molar refractivity (Wildman–Crippen MR) is 115 cm³/mol. The van der Waals surface area contributed by atoms with Crippen molar-refractivity contribution in [1.29, 1.82) is 0 Å². The minimum Gasteiger partial charge on any atom is -0.465 e. The van der Waals surface area contributed by atoms with Gasteiger partial charge >= 0.3 is 0 Å². The van der Waals surface area contributed by atoms with E-state index < -0.39 is 0 Å². The predicted octanol–water partition coefficient (Wildman–Crippen LogP) is 4.78. The van der Waals surface area contributed by atoms with Crippen LogP contribution >= 0.6 is 0 Å². The monoisotopic (exact) mass is 380 g/mol. The highest BCUT2D eigenvalue weighted by Gasteiger charge is 2.22. The molecule has 2 aromatic rings. The highest BCUT2D eigenvalue weighted by Crippen LogP contribution is 2.38. The summed E-state index contributed by atoms with van der Waals surface area (Å²) >= 11 is 0. The van der Waals surface area contributed by atoms with Gasteiger partial charge < -0.3 is 19.3 Å². The molecule has 0 amide bonds. The zero-order chi connectivity index (χ0) is 19.3. The molecule has 4 rings (SSSR count). The number of ether oxygens (including phenoxy) is 2. The lowest BCUT2D eigenvalue weighted by atomic mass is 10.0. The second-order valence-corrected chi connectivity index (χ2v) is 8.14. The molecule has 1 atom stereocenters. The molecule has 150 valence electrons. The van der Waals surface area contributed by atoms with E-state index in [9.17, 15) is 0 Å². The number of anilines is 2. The van der Waals surface area contributed by atoms with Gasteiger partial charge in [-0.15, -0.1) is 0 Å². The minimum absolute atomic E-state index is 0.0917. The molecule has 0 N–H and O–H groups in total. The van der Waals surface area contributed by atoms with E-state index >= 15 is 0 Å². The maximum Gasteiger partial charge on any atom is 0.199 e. The number of hydrogen-bond acceptors (Lipinski definition) is 4. The molecular formula is C24H32N2O2. The van der Waals surface area contributed by atoms with Crippen molar-refractivity contribution >= 4 is 11.4 Å². The molecule has 2 aliphatic heterocycles. The SMILES string of the molecule is CN(C)CCCN1c2ccccc2CCc2cc(OC3CCCCO3)ccc21. The smallest absolute Gasteiger partial charge is 0.199 e. The topological polar surface area (TPSA) is 24.9 Å². The van der Waals surface area contributed by atoms with Gasteiger partial charge in [0.15, 0.2) is 6.29 Å². The molecule has 2 aliphatic rings. The first kappa shape index (κ1) is 19.3. The van der Waals surface area contributed by atoms with E-state index in [-0.39, 0.29) is 6.29 Å². The number of rotatable bonds is 6. The molecule has 0 spiro atoms. The minimum atomic E-state index is -0.0917. The van der Waals surface area contributed by atoms with E-state index in [0.29, 0.717) is 0 Å². The summed E-state index contributed by atoms with van der Waals surface area (Å²) < 4.78 is 11.9. The Balaban J connectivity index is 1.59. The van der Waals surface area contributed by atoms with Gasteiger partial charge in [0.25, 0.3) is 0 Å².